The van der Waals surface area contributed by atoms with E-state index < -0.39 is 28.7 Å². The lowest BCUT2D eigenvalue weighted by Gasteiger charge is -2.64. The van der Waals surface area contributed by atoms with Gasteiger partial charge in [-0.15, -0.1) is 6.58 Å². The fourth-order valence-electron chi connectivity index (χ4n) is 6.25. The Morgan fingerprint density at radius 1 is 1.33 bits per heavy atom. The number of hydrogen-bond donors (Lipinski definition) is 4. The summed E-state index contributed by atoms with van der Waals surface area (Å²) in [4.78, 5) is 14.2. The Morgan fingerprint density at radius 2 is 2.11 bits per heavy atom. The average Bonchev–Trinajstić information content (AvgIpc) is 2.98. The number of aliphatic carboxylic acids is 1. The standard InChI is InChI=1S/C20H23NO6/c1-2-8-21-9-7-18-14-11-3-4-12(22)15(14)27-16(18)19(25,17(23)24)5-6-20(18,26)13(21)10-11/h2-4,13,16,22,25-26H,1,5-10H2,(H,23,24)/t13-,16-,18+,19+,20-/m1/s1. The Labute approximate surface area is 156 Å². The average molecular weight is 373 g/mol. The zero-order valence-corrected chi connectivity index (χ0v) is 14.9. The summed E-state index contributed by atoms with van der Waals surface area (Å²) in [6.07, 6.45) is 1.74. The SMILES string of the molecule is C=CCN1CC[C@]23c4c5ccc(O)c4O[C@H]2[C@](O)(C(=O)O)CC[C@@]3(O)[C@H]1C5. The molecule has 144 valence electrons. The lowest BCUT2D eigenvalue weighted by Crippen LogP contribution is -2.80. The number of likely N-dealkylation sites (tertiary alicyclic amines) is 1. The van der Waals surface area contributed by atoms with Crippen LogP contribution in [0, 0.1) is 0 Å². The summed E-state index contributed by atoms with van der Waals surface area (Å²) in [6, 6.07) is 3.14. The minimum atomic E-state index is -2.11. The van der Waals surface area contributed by atoms with E-state index in [1.54, 1.807) is 12.1 Å². The van der Waals surface area contributed by atoms with Gasteiger partial charge < -0.3 is 25.2 Å². The number of aromatic hydroxyl groups is 1. The highest BCUT2D eigenvalue weighted by molar-refractivity contribution is 5.80. The van der Waals surface area contributed by atoms with E-state index >= 15 is 0 Å². The highest BCUT2D eigenvalue weighted by Crippen LogP contribution is 2.66. The number of carboxylic acid groups (broad SMARTS) is 1. The minimum absolute atomic E-state index is 0.0837. The van der Waals surface area contributed by atoms with Crippen LogP contribution < -0.4 is 4.74 Å². The first-order chi connectivity index (χ1) is 12.8. The maximum Gasteiger partial charge on any atom is 0.339 e. The van der Waals surface area contributed by atoms with E-state index in [4.69, 9.17) is 4.74 Å². The summed E-state index contributed by atoms with van der Waals surface area (Å²) >= 11 is 0. The zero-order valence-electron chi connectivity index (χ0n) is 14.9. The van der Waals surface area contributed by atoms with Crippen LogP contribution in [0.15, 0.2) is 24.8 Å². The fraction of sp³-hybridized carbons (Fsp3) is 0.550. The van der Waals surface area contributed by atoms with Crippen molar-refractivity contribution >= 4 is 5.97 Å². The Kier molecular flexibility index (Phi) is 3.18. The van der Waals surface area contributed by atoms with Crippen LogP contribution in [0.25, 0.3) is 0 Å². The van der Waals surface area contributed by atoms with Crippen molar-refractivity contribution in [2.75, 3.05) is 13.1 Å². The Hall–Kier alpha value is -2.09. The topological polar surface area (TPSA) is 110 Å². The first-order valence-electron chi connectivity index (χ1n) is 9.34. The quantitative estimate of drug-likeness (QED) is 0.573. The molecule has 0 amide bonds. The molecule has 4 aliphatic rings. The van der Waals surface area contributed by atoms with Crippen molar-refractivity contribution in [1.29, 1.82) is 0 Å². The second kappa shape index (κ2) is 5.04. The second-order valence-corrected chi connectivity index (χ2v) is 8.32. The van der Waals surface area contributed by atoms with Crippen LogP contribution in [-0.2, 0) is 16.6 Å². The van der Waals surface area contributed by atoms with Crippen molar-refractivity contribution in [1.82, 2.24) is 4.90 Å². The van der Waals surface area contributed by atoms with E-state index in [1.807, 2.05) is 6.07 Å². The number of ether oxygens (including phenoxy) is 1. The largest absolute Gasteiger partial charge is 0.504 e. The molecule has 0 radical (unpaired) electrons. The lowest BCUT2D eigenvalue weighted by molar-refractivity contribution is -0.237. The first-order valence-corrected chi connectivity index (χ1v) is 9.34. The van der Waals surface area contributed by atoms with Crippen LogP contribution in [0.3, 0.4) is 0 Å². The Morgan fingerprint density at radius 3 is 2.81 bits per heavy atom. The van der Waals surface area contributed by atoms with Crippen LogP contribution in [0.2, 0.25) is 0 Å². The highest BCUT2D eigenvalue weighted by atomic mass is 16.5. The predicted molar refractivity (Wildman–Crippen MR) is 94.8 cm³/mol. The van der Waals surface area contributed by atoms with Crippen LogP contribution in [0.5, 0.6) is 11.5 Å². The molecule has 4 N–H and O–H groups in total. The normalized spacial score (nSPS) is 41.6. The van der Waals surface area contributed by atoms with Gasteiger partial charge in [0.1, 0.15) is 0 Å². The van der Waals surface area contributed by atoms with Crippen molar-refractivity contribution in [3.05, 3.63) is 35.9 Å². The summed E-state index contributed by atoms with van der Waals surface area (Å²) in [7, 11) is 0. The van der Waals surface area contributed by atoms with Gasteiger partial charge in [-0.2, -0.15) is 0 Å². The highest BCUT2D eigenvalue weighted by Gasteiger charge is 2.77. The number of rotatable bonds is 3. The second-order valence-electron chi connectivity index (χ2n) is 8.32. The van der Waals surface area contributed by atoms with Gasteiger partial charge in [0.15, 0.2) is 23.2 Å². The van der Waals surface area contributed by atoms with Gasteiger partial charge in [0, 0.05) is 18.2 Å². The van der Waals surface area contributed by atoms with Gasteiger partial charge in [-0.1, -0.05) is 12.1 Å². The molecule has 2 bridgehead atoms. The van der Waals surface area contributed by atoms with Gasteiger partial charge >= 0.3 is 5.97 Å². The molecule has 5 rings (SSSR count). The Bertz CT molecular complexity index is 870. The molecule has 1 aromatic carbocycles. The molecular weight excluding hydrogens is 350 g/mol. The van der Waals surface area contributed by atoms with Crippen LogP contribution in [0.4, 0.5) is 0 Å². The Balaban J connectivity index is 1.80. The van der Waals surface area contributed by atoms with Gasteiger partial charge in [0.2, 0.25) is 0 Å². The molecule has 0 unspecified atom stereocenters. The van der Waals surface area contributed by atoms with E-state index in [-0.39, 0.29) is 30.4 Å². The van der Waals surface area contributed by atoms with Gasteiger partial charge in [-0.05, 0) is 43.9 Å². The van der Waals surface area contributed by atoms with Crippen molar-refractivity contribution < 1.29 is 30.0 Å². The molecular formula is C20H23NO6. The summed E-state index contributed by atoms with van der Waals surface area (Å²) in [5, 5.41) is 43.2. The number of benzene rings is 1. The smallest absolute Gasteiger partial charge is 0.339 e. The maximum absolute atomic E-state index is 12.0. The first kappa shape index (κ1) is 17.0. The van der Waals surface area contributed by atoms with Crippen molar-refractivity contribution in [3.8, 4) is 11.5 Å². The minimum Gasteiger partial charge on any atom is -0.504 e. The number of hydrogen-bond acceptors (Lipinski definition) is 6. The number of carbonyl (C=O) groups is 1. The molecule has 0 aromatic heterocycles. The molecule has 7 nitrogen and oxygen atoms in total. The van der Waals surface area contributed by atoms with Gasteiger partial charge in [0.05, 0.1) is 11.0 Å². The number of phenolic OH excluding ortho intramolecular Hbond substituents is 1. The molecule has 5 atom stereocenters. The lowest BCUT2D eigenvalue weighted by atomic mass is 9.46. The third kappa shape index (κ3) is 1.71. The van der Waals surface area contributed by atoms with Crippen molar-refractivity contribution in [3.63, 3.8) is 0 Å². The van der Waals surface area contributed by atoms with Crippen LogP contribution >= 0.6 is 0 Å². The van der Waals surface area contributed by atoms with Crippen LogP contribution in [0.1, 0.15) is 30.4 Å². The number of phenols is 1. The molecule has 1 saturated heterocycles. The van der Waals surface area contributed by atoms with E-state index in [0.717, 1.165) is 5.56 Å². The van der Waals surface area contributed by atoms with E-state index in [0.29, 0.717) is 31.5 Å². The molecule has 7 heteroatoms. The summed E-state index contributed by atoms with van der Waals surface area (Å²) in [5.41, 5.74) is -2.79. The molecule has 2 heterocycles. The van der Waals surface area contributed by atoms with Crippen LogP contribution in [-0.4, -0.2) is 67.7 Å². The summed E-state index contributed by atoms with van der Waals surface area (Å²) in [5.74, 6) is -1.22. The number of piperidine rings is 1. The maximum atomic E-state index is 12.0. The van der Waals surface area contributed by atoms with E-state index in [1.165, 1.54) is 0 Å². The molecule has 2 aliphatic carbocycles. The van der Waals surface area contributed by atoms with Gasteiger partial charge in [-0.25, -0.2) is 4.79 Å². The molecule has 1 aromatic rings. The predicted octanol–water partition coefficient (Wildman–Crippen LogP) is 0.548. The molecule has 2 fully saturated rings. The van der Waals surface area contributed by atoms with E-state index in [9.17, 15) is 25.2 Å². The molecule has 1 spiro atoms. The van der Waals surface area contributed by atoms with Gasteiger partial charge in [0.25, 0.3) is 0 Å². The monoisotopic (exact) mass is 373 g/mol. The number of nitrogens with zero attached hydrogens (tertiary/aromatic N) is 1. The molecule has 1 saturated carbocycles. The third-order valence-electron chi connectivity index (χ3n) is 7.38. The fourth-order valence-corrected chi connectivity index (χ4v) is 6.25. The molecule has 27 heavy (non-hydrogen) atoms. The summed E-state index contributed by atoms with van der Waals surface area (Å²) < 4.78 is 5.97. The number of carboxylic acids is 1. The third-order valence-corrected chi connectivity index (χ3v) is 7.38. The van der Waals surface area contributed by atoms with Crippen molar-refractivity contribution in [2.24, 2.45) is 0 Å². The number of aliphatic hydroxyl groups is 2. The van der Waals surface area contributed by atoms with Crippen molar-refractivity contribution in [2.45, 2.75) is 54.4 Å². The zero-order chi connectivity index (χ0) is 19.2. The van der Waals surface area contributed by atoms with Gasteiger partial charge in [-0.3, -0.25) is 4.90 Å². The summed E-state index contributed by atoms with van der Waals surface area (Å²) in [6.45, 7) is 5.07. The van der Waals surface area contributed by atoms with E-state index in [2.05, 4.69) is 11.5 Å². The molecule has 2 aliphatic heterocycles.